The number of carbonyl (C=O) groups is 2. The number of nitrogens with zero attached hydrogens (tertiary/aromatic N) is 1. The second-order valence-corrected chi connectivity index (χ2v) is 6.22. The van der Waals surface area contributed by atoms with E-state index in [-0.39, 0.29) is 11.8 Å². The van der Waals surface area contributed by atoms with Gasteiger partial charge in [0, 0.05) is 0 Å². The molecule has 1 fully saturated rings. The van der Waals surface area contributed by atoms with E-state index in [0.717, 1.165) is 6.42 Å². The predicted octanol–water partition coefficient (Wildman–Crippen LogP) is -0.0666. The van der Waals surface area contributed by atoms with Gasteiger partial charge in [0.15, 0.2) is 0 Å². The van der Waals surface area contributed by atoms with Gasteiger partial charge >= 0.3 is 0 Å². The van der Waals surface area contributed by atoms with E-state index in [1.165, 1.54) is 11.3 Å². The van der Waals surface area contributed by atoms with Crippen LogP contribution in [-0.2, 0) is 4.79 Å². The lowest BCUT2D eigenvalue weighted by molar-refractivity contribution is -0.128. The number of amides is 2. The summed E-state index contributed by atoms with van der Waals surface area (Å²) in [4.78, 5) is 27.2. The fraction of sp³-hybridized carbons (Fsp3) is 0.500. The number of hydrogen-bond acceptors (Lipinski definition) is 4. The second kappa shape index (κ2) is 3.53. The summed E-state index contributed by atoms with van der Waals surface area (Å²) in [7, 11) is 5.88. The van der Waals surface area contributed by atoms with Crippen molar-refractivity contribution in [1.29, 1.82) is 0 Å². The zero-order valence-corrected chi connectivity index (χ0v) is 11.0. The van der Waals surface area contributed by atoms with Gasteiger partial charge in [-0.25, -0.2) is 0 Å². The largest absolute Gasteiger partial charge is 0.489 e. The Kier molecular flexibility index (Phi) is 2.11. The molecule has 1 aliphatic carbocycles. The normalized spacial score (nSPS) is 23.3. The molecule has 4 rings (SSSR count). The summed E-state index contributed by atoms with van der Waals surface area (Å²) in [5, 5.41) is 2.90. The second-order valence-electron chi connectivity index (χ2n) is 5.17. The third-order valence-corrected chi connectivity index (χ3v) is 5.11. The van der Waals surface area contributed by atoms with E-state index in [9.17, 15) is 9.59 Å². The van der Waals surface area contributed by atoms with Gasteiger partial charge in [0.25, 0.3) is 11.8 Å². The molecule has 7 heteroatoms. The zero-order valence-electron chi connectivity index (χ0n) is 10.2. The quantitative estimate of drug-likeness (QED) is 0.674. The Balaban J connectivity index is 1.92. The van der Waals surface area contributed by atoms with Crippen molar-refractivity contribution in [3.63, 3.8) is 0 Å². The molecule has 5 nitrogen and oxygen atoms in total. The number of carbonyl (C=O) groups excluding carboxylic acids is 2. The van der Waals surface area contributed by atoms with Gasteiger partial charge < -0.3 is 15.0 Å². The summed E-state index contributed by atoms with van der Waals surface area (Å²) in [6.07, 6.45) is 2.41. The summed E-state index contributed by atoms with van der Waals surface area (Å²) < 4.78 is 5.98. The molecule has 1 aromatic heterocycles. The van der Waals surface area contributed by atoms with Gasteiger partial charge in [0.05, 0.1) is 6.54 Å². The van der Waals surface area contributed by atoms with E-state index in [2.05, 4.69) is 5.32 Å². The lowest BCUT2D eigenvalue weighted by Gasteiger charge is -2.42. The maximum Gasteiger partial charge on any atom is 0.264 e. The number of thiophene rings is 1. The highest BCUT2D eigenvalue weighted by atomic mass is 32.1. The van der Waals surface area contributed by atoms with Crippen LogP contribution < -0.4 is 19.7 Å². The lowest BCUT2D eigenvalue weighted by Crippen LogP contribution is -2.62. The van der Waals surface area contributed by atoms with Gasteiger partial charge in [-0.15, -0.1) is 11.3 Å². The average Bonchev–Trinajstić information content (AvgIpc) is 2.66. The number of ether oxygens (including phenoxy) is 1. The highest BCUT2D eigenvalue weighted by Crippen LogP contribution is 2.44. The molecule has 2 amide bonds. The third kappa shape index (κ3) is 1.31. The van der Waals surface area contributed by atoms with E-state index in [1.807, 2.05) is 0 Å². The molecule has 1 aromatic rings. The molecule has 3 heterocycles. The maximum absolute atomic E-state index is 12.7. The number of anilines is 1. The Morgan fingerprint density at radius 1 is 1.37 bits per heavy atom. The average molecular weight is 274 g/mol. The van der Waals surface area contributed by atoms with Crippen molar-refractivity contribution in [1.82, 2.24) is 5.32 Å². The maximum atomic E-state index is 12.7. The summed E-state index contributed by atoms with van der Waals surface area (Å²) >= 11 is 1.19. The third-order valence-electron chi connectivity index (χ3n) is 4.12. The molecule has 0 unspecified atom stereocenters. The van der Waals surface area contributed by atoms with E-state index in [0.29, 0.717) is 47.1 Å². The van der Waals surface area contributed by atoms with Crippen LogP contribution in [0.5, 0.6) is 5.75 Å². The van der Waals surface area contributed by atoms with Crippen LogP contribution in [0.3, 0.4) is 0 Å². The Hall–Kier alpha value is -1.50. The molecule has 2 aliphatic heterocycles. The van der Waals surface area contributed by atoms with Crippen LogP contribution in [0.25, 0.3) is 0 Å². The van der Waals surface area contributed by atoms with Gasteiger partial charge in [-0.2, -0.15) is 0 Å². The first-order chi connectivity index (χ1) is 9.12. The molecule has 0 atom stereocenters. The Morgan fingerprint density at radius 2 is 2.16 bits per heavy atom. The Morgan fingerprint density at radius 3 is 2.84 bits per heavy atom. The van der Waals surface area contributed by atoms with E-state index >= 15 is 0 Å². The molecule has 2 radical (unpaired) electrons. The van der Waals surface area contributed by atoms with E-state index in [4.69, 9.17) is 12.6 Å². The molecule has 0 saturated heterocycles. The van der Waals surface area contributed by atoms with Crippen molar-refractivity contribution < 1.29 is 14.3 Å². The zero-order chi connectivity index (χ0) is 13.2. The number of hydrogen-bond donors (Lipinski definition) is 1. The van der Waals surface area contributed by atoms with Gasteiger partial charge in [-0.3, -0.25) is 9.59 Å². The topological polar surface area (TPSA) is 58.6 Å². The molecular weight excluding hydrogens is 263 g/mol. The van der Waals surface area contributed by atoms with Gasteiger partial charge in [0.1, 0.15) is 36.3 Å². The standard InChI is InChI=1S/C12H11BN2O3S/c13-9-7-6-8(19-9)10(16)14-12(2-1-3-12)11(17)15(6)4-5-18-7/h1-5H2,(H,14,16). The summed E-state index contributed by atoms with van der Waals surface area (Å²) in [5.74, 6) is 0.262. The fourth-order valence-electron chi connectivity index (χ4n) is 2.97. The smallest absolute Gasteiger partial charge is 0.264 e. The van der Waals surface area contributed by atoms with Crippen LogP contribution in [0.1, 0.15) is 28.9 Å². The fourth-order valence-corrected chi connectivity index (χ4v) is 3.88. The predicted molar refractivity (Wildman–Crippen MR) is 71.6 cm³/mol. The van der Waals surface area contributed by atoms with E-state index in [1.54, 1.807) is 4.90 Å². The molecule has 1 N–H and O–H groups in total. The van der Waals surface area contributed by atoms with Crippen LogP contribution in [0.15, 0.2) is 0 Å². The van der Waals surface area contributed by atoms with Gasteiger partial charge in [0.2, 0.25) is 0 Å². The highest BCUT2D eigenvalue weighted by molar-refractivity contribution is 7.23. The molecule has 0 bridgehead atoms. The number of rotatable bonds is 0. The highest BCUT2D eigenvalue weighted by Gasteiger charge is 2.52. The number of nitrogens with one attached hydrogen (secondary N) is 1. The van der Waals surface area contributed by atoms with Crippen molar-refractivity contribution in [3.8, 4) is 5.75 Å². The minimum atomic E-state index is -0.695. The van der Waals surface area contributed by atoms with Crippen LogP contribution in [0.2, 0.25) is 0 Å². The minimum absolute atomic E-state index is 0.0202. The Labute approximate surface area is 115 Å². The van der Waals surface area contributed by atoms with Crippen LogP contribution in [0, 0.1) is 0 Å². The Bertz CT molecular complexity index is 608. The molecule has 19 heavy (non-hydrogen) atoms. The molecule has 1 spiro atoms. The van der Waals surface area contributed by atoms with Crippen LogP contribution in [0.4, 0.5) is 5.69 Å². The van der Waals surface area contributed by atoms with Gasteiger partial charge in [-0.1, -0.05) is 0 Å². The SMILES string of the molecule is [B]c1sc2c3c1OCCN3C(=O)C1(CCC1)NC2=O. The van der Waals surface area contributed by atoms with Crippen molar-refractivity contribution >= 4 is 41.5 Å². The van der Waals surface area contributed by atoms with Crippen molar-refractivity contribution in [3.05, 3.63) is 4.88 Å². The minimum Gasteiger partial charge on any atom is -0.489 e. The van der Waals surface area contributed by atoms with Crippen LogP contribution >= 0.6 is 11.3 Å². The van der Waals surface area contributed by atoms with E-state index < -0.39 is 5.54 Å². The lowest BCUT2D eigenvalue weighted by atomic mass is 9.75. The molecule has 96 valence electrons. The first kappa shape index (κ1) is 11.3. The van der Waals surface area contributed by atoms with Gasteiger partial charge in [-0.05, 0) is 24.0 Å². The van der Waals surface area contributed by atoms with Crippen molar-refractivity contribution in [2.24, 2.45) is 0 Å². The molecule has 3 aliphatic rings. The summed E-state index contributed by atoms with van der Waals surface area (Å²) in [6, 6.07) is 0. The summed E-state index contributed by atoms with van der Waals surface area (Å²) in [6.45, 7) is 0.898. The molecule has 0 aromatic carbocycles. The van der Waals surface area contributed by atoms with Crippen molar-refractivity contribution in [2.75, 3.05) is 18.1 Å². The first-order valence-corrected chi connectivity index (χ1v) is 7.14. The molecule has 1 saturated carbocycles. The first-order valence-electron chi connectivity index (χ1n) is 6.32. The summed E-state index contributed by atoms with van der Waals surface area (Å²) in [5.41, 5.74) is -0.126. The monoisotopic (exact) mass is 274 g/mol. The molecular formula is C12H11BN2O3S. The van der Waals surface area contributed by atoms with Crippen LogP contribution in [-0.4, -0.2) is 38.4 Å². The van der Waals surface area contributed by atoms with Crippen molar-refractivity contribution in [2.45, 2.75) is 24.8 Å².